The van der Waals surface area contributed by atoms with Crippen LogP contribution in [0.15, 0.2) is 48.5 Å². The molecule has 0 spiro atoms. The molecule has 1 aliphatic heterocycles. The normalized spacial score (nSPS) is 15.4. The maximum absolute atomic E-state index is 12.5. The number of benzene rings is 2. The van der Waals surface area contributed by atoms with Gasteiger partial charge in [0.25, 0.3) is 5.91 Å². The molecule has 1 fully saturated rings. The lowest BCUT2D eigenvalue weighted by Crippen LogP contribution is -2.40. The van der Waals surface area contributed by atoms with Gasteiger partial charge in [-0.2, -0.15) is 0 Å². The molecule has 3 rings (SSSR count). The summed E-state index contributed by atoms with van der Waals surface area (Å²) in [5.41, 5.74) is 1.70. The number of nitrogens with one attached hydrogen (secondary N) is 2. The Morgan fingerprint density at radius 1 is 0.933 bits per heavy atom. The molecule has 0 radical (unpaired) electrons. The van der Waals surface area contributed by atoms with Crippen LogP contribution in [0.2, 0.25) is 0 Å². The molecule has 0 aromatic heterocycles. The highest BCUT2D eigenvalue weighted by Gasteiger charge is 2.28. The Morgan fingerprint density at radius 2 is 1.47 bits per heavy atom. The summed E-state index contributed by atoms with van der Waals surface area (Å²) in [7, 11) is -1.64. The number of carbonyl (C=O) groups excluding carboxylic acids is 2. The van der Waals surface area contributed by atoms with Gasteiger partial charge in [0.2, 0.25) is 15.9 Å². The first-order valence-electron chi connectivity index (χ1n) is 9.58. The van der Waals surface area contributed by atoms with Gasteiger partial charge in [0, 0.05) is 35.9 Å². The summed E-state index contributed by atoms with van der Waals surface area (Å²) in [4.78, 5) is 24.8. The van der Waals surface area contributed by atoms with Gasteiger partial charge in [-0.25, -0.2) is 12.7 Å². The molecule has 0 aliphatic carbocycles. The van der Waals surface area contributed by atoms with Gasteiger partial charge in [-0.1, -0.05) is 0 Å². The summed E-state index contributed by atoms with van der Waals surface area (Å²) >= 11 is 0. The molecule has 2 aromatic rings. The third-order valence-corrected chi connectivity index (χ3v) is 6.36. The van der Waals surface area contributed by atoms with Gasteiger partial charge in [0.05, 0.1) is 13.4 Å². The highest BCUT2D eigenvalue weighted by atomic mass is 32.2. The molecule has 9 heteroatoms. The van der Waals surface area contributed by atoms with Gasteiger partial charge in [0.1, 0.15) is 5.75 Å². The highest BCUT2D eigenvalue weighted by Crippen LogP contribution is 2.22. The van der Waals surface area contributed by atoms with Crippen molar-refractivity contribution in [3.05, 3.63) is 54.1 Å². The number of methoxy groups -OCH3 is 1. The molecule has 1 saturated heterocycles. The number of ether oxygens (including phenoxy) is 1. The average Bonchev–Trinajstić information content (AvgIpc) is 2.74. The molecule has 8 nitrogen and oxygen atoms in total. The van der Waals surface area contributed by atoms with Crippen LogP contribution >= 0.6 is 0 Å². The minimum Gasteiger partial charge on any atom is -0.497 e. The van der Waals surface area contributed by atoms with Crippen LogP contribution in [0.25, 0.3) is 0 Å². The number of rotatable bonds is 6. The summed E-state index contributed by atoms with van der Waals surface area (Å²) in [6.45, 7) is 0.697. The van der Waals surface area contributed by atoms with Gasteiger partial charge in [-0.05, 0) is 61.4 Å². The van der Waals surface area contributed by atoms with E-state index < -0.39 is 10.0 Å². The van der Waals surface area contributed by atoms with E-state index in [0.717, 1.165) is 0 Å². The van der Waals surface area contributed by atoms with Crippen molar-refractivity contribution < 1.29 is 22.7 Å². The second-order valence-electron chi connectivity index (χ2n) is 7.19. The predicted octanol–water partition coefficient (Wildman–Crippen LogP) is 2.56. The first kappa shape index (κ1) is 21.8. The quantitative estimate of drug-likeness (QED) is 0.731. The van der Waals surface area contributed by atoms with E-state index in [4.69, 9.17) is 4.74 Å². The lowest BCUT2D eigenvalue weighted by atomic mass is 9.97. The Bertz CT molecular complexity index is 996. The first-order valence-corrected chi connectivity index (χ1v) is 11.4. The molecular weight excluding hydrogens is 406 g/mol. The van der Waals surface area contributed by atoms with Gasteiger partial charge in [-0.3, -0.25) is 9.59 Å². The van der Waals surface area contributed by atoms with Crippen molar-refractivity contribution in [1.82, 2.24) is 4.31 Å². The minimum atomic E-state index is -3.22. The maximum atomic E-state index is 12.5. The summed E-state index contributed by atoms with van der Waals surface area (Å²) in [6.07, 6.45) is 2.16. The number of amides is 2. The van der Waals surface area contributed by atoms with E-state index in [0.29, 0.717) is 48.6 Å². The Kier molecular flexibility index (Phi) is 6.73. The smallest absolute Gasteiger partial charge is 0.255 e. The van der Waals surface area contributed by atoms with Crippen LogP contribution in [0.5, 0.6) is 5.75 Å². The average molecular weight is 432 g/mol. The van der Waals surface area contributed by atoms with Crippen molar-refractivity contribution in [3.8, 4) is 5.75 Å². The molecule has 2 N–H and O–H groups in total. The fourth-order valence-electron chi connectivity index (χ4n) is 3.28. The molecule has 2 aromatic carbocycles. The number of hydrogen-bond donors (Lipinski definition) is 2. The molecule has 0 unspecified atom stereocenters. The number of anilines is 2. The summed E-state index contributed by atoms with van der Waals surface area (Å²) < 4.78 is 29.6. The lowest BCUT2D eigenvalue weighted by Gasteiger charge is -2.29. The van der Waals surface area contributed by atoms with Gasteiger partial charge < -0.3 is 15.4 Å². The van der Waals surface area contributed by atoms with Crippen LogP contribution in [0, 0.1) is 5.92 Å². The first-order chi connectivity index (χ1) is 14.3. The van der Waals surface area contributed by atoms with Crippen LogP contribution in [-0.2, 0) is 14.8 Å². The number of sulfonamides is 1. The fraction of sp³-hybridized carbons (Fsp3) is 0.333. The van der Waals surface area contributed by atoms with Crippen LogP contribution in [0.1, 0.15) is 23.2 Å². The van der Waals surface area contributed by atoms with Crippen molar-refractivity contribution in [2.45, 2.75) is 12.8 Å². The van der Waals surface area contributed by atoms with Crippen molar-refractivity contribution in [2.24, 2.45) is 5.92 Å². The predicted molar refractivity (Wildman–Crippen MR) is 115 cm³/mol. The largest absolute Gasteiger partial charge is 0.497 e. The Hall–Kier alpha value is -2.91. The van der Waals surface area contributed by atoms with Gasteiger partial charge >= 0.3 is 0 Å². The molecule has 1 heterocycles. The number of hydrogen-bond acceptors (Lipinski definition) is 5. The molecule has 0 saturated carbocycles. The monoisotopic (exact) mass is 431 g/mol. The molecule has 0 bridgehead atoms. The zero-order valence-corrected chi connectivity index (χ0v) is 17.7. The van der Waals surface area contributed by atoms with Gasteiger partial charge in [0.15, 0.2) is 0 Å². The van der Waals surface area contributed by atoms with Crippen LogP contribution in [-0.4, -0.2) is 51.0 Å². The zero-order chi connectivity index (χ0) is 21.7. The van der Waals surface area contributed by atoms with Crippen molar-refractivity contribution >= 4 is 33.2 Å². The second kappa shape index (κ2) is 9.27. The van der Waals surface area contributed by atoms with Crippen LogP contribution in [0.4, 0.5) is 11.4 Å². The summed E-state index contributed by atoms with van der Waals surface area (Å²) in [6, 6.07) is 13.6. The molecule has 1 aliphatic rings. The molecule has 0 atom stereocenters. The summed E-state index contributed by atoms with van der Waals surface area (Å²) in [5.74, 6) is 0.0703. The maximum Gasteiger partial charge on any atom is 0.255 e. The minimum absolute atomic E-state index is 0.140. The number of carbonyl (C=O) groups is 2. The third-order valence-electron chi connectivity index (χ3n) is 5.06. The van der Waals surface area contributed by atoms with E-state index in [-0.39, 0.29) is 17.7 Å². The van der Waals surface area contributed by atoms with E-state index in [1.807, 2.05) is 0 Å². The SMILES string of the molecule is COc1ccc(NC(=O)c2ccc(NC(=O)C3CCN(S(C)(=O)=O)CC3)cc2)cc1. The Labute approximate surface area is 176 Å². The fourth-order valence-corrected chi connectivity index (χ4v) is 4.15. The van der Waals surface area contributed by atoms with Crippen molar-refractivity contribution in [1.29, 1.82) is 0 Å². The van der Waals surface area contributed by atoms with E-state index in [1.165, 1.54) is 10.6 Å². The van der Waals surface area contributed by atoms with E-state index >= 15 is 0 Å². The molecule has 2 amide bonds. The van der Waals surface area contributed by atoms with Crippen molar-refractivity contribution in [3.63, 3.8) is 0 Å². The molecular formula is C21H25N3O5S. The van der Waals surface area contributed by atoms with E-state index in [9.17, 15) is 18.0 Å². The Balaban J connectivity index is 1.53. The standard InChI is InChI=1S/C21H25N3O5S/c1-29-19-9-7-18(8-10-19)23-20(25)15-3-5-17(6-4-15)22-21(26)16-11-13-24(14-12-16)30(2,27)28/h3-10,16H,11-14H2,1-2H3,(H,22,26)(H,23,25). The van der Waals surface area contributed by atoms with E-state index in [1.54, 1.807) is 55.6 Å². The van der Waals surface area contributed by atoms with Crippen molar-refractivity contribution in [2.75, 3.05) is 37.1 Å². The van der Waals surface area contributed by atoms with Crippen LogP contribution in [0.3, 0.4) is 0 Å². The number of nitrogens with zero attached hydrogens (tertiary/aromatic N) is 1. The zero-order valence-electron chi connectivity index (χ0n) is 16.9. The highest BCUT2D eigenvalue weighted by molar-refractivity contribution is 7.88. The number of piperidine rings is 1. The Morgan fingerprint density at radius 3 is 2.00 bits per heavy atom. The molecule has 160 valence electrons. The molecule has 30 heavy (non-hydrogen) atoms. The van der Waals surface area contributed by atoms with Gasteiger partial charge in [-0.15, -0.1) is 0 Å². The second-order valence-corrected chi connectivity index (χ2v) is 9.17. The lowest BCUT2D eigenvalue weighted by molar-refractivity contribution is -0.120. The summed E-state index contributed by atoms with van der Waals surface area (Å²) in [5, 5.41) is 5.64. The van der Waals surface area contributed by atoms with E-state index in [2.05, 4.69) is 10.6 Å². The topological polar surface area (TPSA) is 105 Å². The third kappa shape index (κ3) is 5.58. The van der Waals surface area contributed by atoms with Crippen LogP contribution < -0.4 is 15.4 Å².